The third-order valence-electron chi connectivity index (χ3n) is 4.27. The topological polar surface area (TPSA) is 90.8 Å². The Labute approximate surface area is 162 Å². The van der Waals surface area contributed by atoms with Crippen LogP contribution in [0.2, 0.25) is 0 Å². The predicted octanol–water partition coefficient (Wildman–Crippen LogP) is 1.80. The summed E-state index contributed by atoms with van der Waals surface area (Å²) in [7, 11) is 5.02. The fourth-order valence-electron chi connectivity index (χ4n) is 2.61. The summed E-state index contributed by atoms with van der Waals surface area (Å²) in [6.45, 7) is 1.57. The zero-order valence-electron chi connectivity index (χ0n) is 15.5. The van der Waals surface area contributed by atoms with Gasteiger partial charge in [-0.2, -0.15) is 5.26 Å². The van der Waals surface area contributed by atoms with Crippen LogP contribution in [0.3, 0.4) is 0 Å². The molecule has 7 nitrogen and oxygen atoms in total. The Morgan fingerprint density at radius 3 is 2.52 bits per heavy atom. The Hall–Kier alpha value is -2.54. The lowest BCUT2D eigenvalue weighted by Crippen LogP contribution is -2.35. The van der Waals surface area contributed by atoms with Gasteiger partial charge in [0.25, 0.3) is 0 Å². The summed E-state index contributed by atoms with van der Waals surface area (Å²) >= 11 is 5.30. The molecule has 0 saturated carbocycles. The van der Waals surface area contributed by atoms with E-state index in [1.54, 1.807) is 37.9 Å². The van der Waals surface area contributed by atoms with Gasteiger partial charge in [0.1, 0.15) is 28.8 Å². The lowest BCUT2D eigenvalue weighted by atomic mass is 10.2. The molecular weight excluding hydrogens is 367 g/mol. The largest absolute Gasteiger partial charge is 0.378 e. The van der Waals surface area contributed by atoms with Crippen molar-refractivity contribution in [2.75, 3.05) is 25.5 Å². The Morgan fingerprint density at radius 1 is 1.26 bits per heavy atom. The fourth-order valence-corrected chi connectivity index (χ4v) is 2.79. The van der Waals surface area contributed by atoms with Gasteiger partial charge in [0.05, 0.1) is 6.10 Å². The van der Waals surface area contributed by atoms with Crippen molar-refractivity contribution in [3.63, 3.8) is 0 Å². The number of ether oxygens (including phenoxy) is 1. The summed E-state index contributed by atoms with van der Waals surface area (Å²) in [5.41, 5.74) is 1.26. The van der Waals surface area contributed by atoms with E-state index in [-0.39, 0.29) is 23.0 Å². The highest BCUT2D eigenvalue weighted by Gasteiger charge is 2.14. The lowest BCUT2D eigenvalue weighted by Gasteiger charge is -2.20. The first-order valence-corrected chi connectivity index (χ1v) is 8.76. The van der Waals surface area contributed by atoms with Crippen molar-refractivity contribution < 1.29 is 9.13 Å². The molecule has 0 radical (unpaired) electrons. The second-order valence-corrected chi connectivity index (χ2v) is 6.45. The van der Waals surface area contributed by atoms with Crippen LogP contribution in [0, 0.1) is 27.3 Å². The van der Waals surface area contributed by atoms with Crippen molar-refractivity contribution in [3.05, 3.63) is 51.5 Å². The molecule has 1 unspecified atom stereocenters. The van der Waals surface area contributed by atoms with Crippen LogP contribution in [0.4, 0.5) is 10.2 Å². The number of anilines is 1. The van der Waals surface area contributed by atoms with Gasteiger partial charge in [-0.15, -0.1) is 0 Å². The van der Waals surface area contributed by atoms with E-state index in [1.807, 2.05) is 0 Å². The molecule has 27 heavy (non-hydrogen) atoms. The highest BCUT2D eigenvalue weighted by atomic mass is 32.1. The normalized spacial score (nSPS) is 11.8. The second-order valence-electron chi connectivity index (χ2n) is 6.08. The van der Waals surface area contributed by atoms with E-state index < -0.39 is 0 Å². The number of nitrogens with one attached hydrogen (secondary N) is 3. The molecule has 0 spiro atoms. The van der Waals surface area contributed by atoms with E-state index in [4.69, 9.17) is 22.4 Å². The van der Waals surface area contributed by atoms with Crippen LogP contribution < -0.4 is 16.1 Å². The Balaban J connectivity index is 2.02. The van der Waals surface area contributed by atoms with Gasteiger partial charge >= 0.3 is 0 Å². The first-order chi connectivity index (χ1) is 12.9. The maximum atomic E-state index is 12.9. The molecule has 1 aromatic carbocycles. The summed E-state index contributed by atoms with van der Waals surface area (Å²) in [4.78, 5) is 0. The maximum Gasteiger partial charge on any atom is 0.182 e. The molecule has 1 heterocycles. The molecule has 9 heteroatoms. The zero-order chi connectivity index (χ0) is 20.0. The number of hydrogen-bond donors (Lipinski definition) is 3. The molecule has 0 aliphatic rings. The van der Waals surface area contributed by atoms with Crippen LogP contribution in [-0.4, -0.2) is 35.4 Å². The summed E-state index contributed by atoms with van der Waals surface area (Å²) < 4.78 is 22.0. The number of rotatable bonds is 8. The summed E-state index contributed by atoms with van der Waals surface area (Å²) in [6, 6.07) is 8.37. The molecule has 0 fully saturated rings. The highest BCUT2D eigenvalue weighted by Crippen LogP contribution is 2.11. The number of halogens is 1. The Bertz CT molecular complexity index is 945. The molecule has 2 aromatic rings. The molecule has 0 aliphatic carbocycles. The van der Waals surface area contributed by atoms with Gasteiger partial charge in [-0.05, 0) is 29.9 Å². The predicted molar refractivity (Wildman–Crippen MR) is 103 cm³/mol. The van der Waals surface area contributed by atoms with Crippen LogP contribution in [0.5, 0.6) is 0 Å². The Kier molecular flexibility index (Phi) is 7.24. The molecule has 144 valence electrons. The van der Waals surface area contributed by atoms with E-state index in [0.717, 1.165) is 5.56 Å². The average molecular weight is 390 g/mol. The quantitative estimate of drug-likeness (QED) is 0.598. The highest BCUT2D eigenvalue weighted by molar-refractivity contribution is 7.71. The molecule has 0 bridgehead atoms. The minimum atomic E-state index is -0.259. The van der Waals surface area contributed by atoms with Gasteiger partial charge in [0, 0.05) is 40.8 Å². The van der Waals surface area contributed by atoms with Gasteiger partial charge in [-0.25, -0.2) is 4.39 Å². The third-order valence-corrected chi connectivity index (χ3v) is 4.82. The van der Waals surface area contributed by atoms with E-state index in [9.17, 15) is 9.65 Å². The minimum absolute atomic E-state index is 0.0616. The number of methoxy groups -OCH3 is 1. The average Bonchev–Trinajstić information content (AvgIpc) is 2.67. The van der Waals surface area contributed by atoms with E-state index in [1.165, 1.54) is 16.7 Å². The molecule has 1 aromatic heterocycles. The molecular formula is C18H23FN6OS. The van der Waals surface area contributed by atoms with Gasteiger partial charge in [-0.1, -0.05) is 12.1 Å². The first-order valence-electron chi connectivity index (χ1n) is 8.35. The van der Waals surface area contributed by atoms with Crippen molar-refractivity contribution in [1.82, 2.24) is 14.5 Å². The van der Waals surface area contributed by atoms with E-state index in [2.05, 4.69) is 16.7 Å². The monoisotopic (exact) mass is 390 g/mol. The summed E-state index contributed by atoms with van der Waals surface area (Å²) in [5, 5.41) is 23.9. The van der Waals surface area contributed by atoms with Gasteiger partial charge in [0.2, 0.25) is 0 Å². The summed E-state index contributed by atoms with van der Waals surface area (Å²) in [5.74, 6) is 0.233. The van der Waals surface area contributed by atoms with Crippen molar-refractivity contribution in [3.8, 4) is 6.07 Å². The van der Waals surface area contributed by atoms with Crippen molar-refractivity contribution in [1.29, 1.82) is 10.7 Å². The van der Waals surface area contributed by atoms with Gasteiger partial charge < -0.3 is 24.5 Å². The standard InChI is InChI=1S/C18H23FN6OS/c1-24-16(21)15(8-20)17(25(2)18(24)27)23-11-14(26-3)10-22-9-12-4-6-13(19)7-5-12/h4-7,14,21-23H,9-11H2,1-3H3. The van der Waals surface area contributed by atoms with Crippen molar-refractivity contribution >= 4 is 18.0 Å². The van der Waals surface area contributed by atoms with Crippen LogP contribution >= 0.6 is 12.2 Å². The van der Waals surface area contributed by atoms with Crippen LogP contribution in [0.1, 0.15) is 11.1 Å². The first kappa shape index (κ1) is 20.8. The second kappa shape index (κ2) is 9.41. The lowest BCUT2D eigenvalue weighted by molar-refractivity contribution is 0.111. The number of hydrogen-bond acceptors (Lipinski definition) is 6. The number of nitrogens with zero attached hydrogens (tertiary/aromatic N) is 3. The van der Waals surface area contributed by atoms with E-state index in [0.29, 0.717) is 30.2 Å². The van der Waals surface area contributed by atoms with Crippen molar-refractivity contribution in [2.45, 2.75) is 12.6 Å². The zero-order valence-corrected chi connectivity index (χ0v) is 16.4. The molecule has 3 N–H and O–H groups in total. The molecule has 0 aliphatic heterocycles. The molecule has 0 amide bonds. The number of aromatic nitrogens is 2. The molecule has 0 saturated heterocycles. The number of benzene rings is 1. The Morgan fingerprint density at radius 2 is 1.93 bits per heavy atom. The number of nitriles is 1. The minimum Gasteiger partial charge on any atom is -0.378 e. The third kappa shape index (κ3) is 5.01. The van der Waals surface area contributed by atoms with Gasteiger partial charge in [0.15, 0.2) is 4.77 Å². The molecule has 1 atom stereocenters. The van der Waals surface area contributed by atoms with Crippen LogP contribution in [-0.2, 0) is 25.4 Å². The summed E-state index contributed by atoms with van der Waals surface area (Å²) in [6.07, 6.45) is -0.172. The molecule has 2 rings (SSSR count). The fraction of sp³-hybridized carbons (Fsp3) is 0.389. The SMILES string of the molecule is COC(CNCc1ccc(F)cc1)CNc1c(C#N)c(=N)n(C)c(=S)n1C. The van der Waals surface area contributed by atoms with Crippen LogP contribution in [0.15, 0.2) is 24.3 Å². The van der Waals surface area contributed by atoms with Gasteiger partial charge in [-0.3, -0.25) is 5.41 Å². The van der Waals surface area contributed by atoms with Crippen molar-refractivity contribution in [2.24, 2.45) is 14.1 Å². The van der Waals surface area contributed by atoms with Crippen LogP contribution in [0.25, 0.3) is 0 Å². The smallest absolute Gasteiger partial charge is 0.182 e. The van der Waals surface area contributed by atoms with E-state index >= 15 is 0 Å². The maximum absolute atomic E-state index is 12.9.